The van der Waals surface area contributed by atoms with E-state index in [1.807, 2.05) is 38.1 Å². The average Bonchev–Trinajstić information content (AvgIpc) is 2.20. The van der Waals surface area contributed by atoms with E-state index in [0.29, 0.717) is 6.42 Å². The summed E-state index contributed by atoms with van der Waals surface area (Å²) in [6.45, 7) is 3.91. The quantitative estimate of drug-likeness (QED) is 0.794. The van der Waals surface area contributed by atoms with E-state index in [9.17, 15) is 5.11 Å². The first-order valence-electron chi connectivity index (χ1n) is 4.83. The van der Waals surface area contributed by atoms with Crippen LogP contribution in [0.5, 0.6) is 0 Å². The summed E-state index contributed by atoms with van der Waals surface area (Å²) in [6.07, 6.45) is 0.0107. The summed E-state index contributed by atoms with van der Waals surface area (Å²) in [6, 6.07) is 9.76. The Bertz CT molecular complexity index is 323. The van der Waals surface area contributed by atoms with Crippen LogP contribution in [-0.4, -0.2) is 5.11 Å². The summed E-state index contributed by atoms with van der Waals surface area (Å²) in [5.41, 5.74) is 1.98. The molecule has 0 unspecified atom stereocenters. The fourth-order valence-electron chi connectivity index (χ4n) is 1.38. The van der Waals surface area contributed by atoms with E-state index in [-0.39, 0.29) is 5.92 Å². The van der Waals surface area contributed by atoms with Crippen LogP contribution >= 0.6 is 0 Å². The number of benzene rings is 1. The van der Waals surface area contributed by atoms with Gasteiger partial charge in [0.05, 0.1) is 18.1 Å². The molecule has 0 aromatic heterocycles. The molecule has 0 saturated heterocycles. The van der Waals surface area contributed by atoms with E-state index in [4.69, 9.17) is 5.26 Å². The van der Waals surface area contributed by atoms with Crippen molar-refractivity contribution in [3.05, 3.63) is 35.4 Å². The van der Waals surface area contributed by atoms with Gasteiger partial charge < -0.3 is 5.11 Å². The summed E-state index contributed by atoms with van der Waals surface area (Å²) in [4.78, 5) is 0. The van der Waals surface area contributed by atoms with Gasteiger partial charge in [0.2, 0.25) is 0 Å². The van der Waals surface area contributed by atoms with Gasteiger partial charge in [-0.3, -0.25) is 0 Å². The first kappa shape index (κ1) is 10.7. The van der Waals surface area contributed by atoms with E-state index in [1.165, 1.54) is 0 Å². The minimum atomic E-state index is -0.661. The second-order valence-electron chi connectivity index (χ2n) is 3.50. The number of aryl methyl sites for hydroxylation is 1. The molecule has 1 N–H and O–H groups in total. The average molecular weight is 189 g/mol. The largest absolute Gasteiger partial charge is 0.387 e. The highest BCUT2D eigenvalue weighted by Gasteiger charge is 2.18. The van der Waals surface area contributed by atoms with Crippen molar-refractivity contribution in [3.8, 4) is 6.07 Å². The van der Waals surface area contributed by atoms with Gasteiger partial charge in [-0.25, -0.2) is 0 Å². The maximum Gasteiger partial charge on any atom is 0.0948 e. The molecule has 2 atom stereocenters. The summed E-state index contributed by atoms with van der Waals surface area (Å²) in [5, 5.41) is 18.7. The lowest BCUT2D eigenvalue weighted by atomic mass is 9.94. The van der Waals surface area contributed by atoms with Gasteiger partial charge >= 0.3 is 0 Å². The van der Waals surface area contributed by atoms with Crippen LogP contribution in [0.2, 0.25) is 0 Å². The molecule has 0 spiro atoms. The van der Waals surface area contributed by atoms with Crippen LogP contribution in [0.15, 0.2) is 24.3 Å². The Morgan fingerprint density at radius 1 is 1.36 bits per heavy atom. The minimum absolute atomic E-state index is 0.308. The highest BCUT2D eigenvalue weighted by atomic mass is 16.3. The smallest absolute Gasteiger partial charge is 0.0948 e. The van der Waals surface area contributed by atoms with Crippen LogP contribution in [0, 0.1) is 24.2 Å². The van der Waals surface area contributed by atoms with E-state index in [0.717, 1.165) is 11.1 Å². The van der Waals surface area contributed by atoms with Crippen LogP contribution in [0.4, 0.5) is 0 Å². The predicted molar refractivity (Wildman–Crippen MR) is 55.5 cm³/mol. The van der Waals surface area contributed by atoms with Crippen LogP contribution < -0.4 is 0 Å². The van der Waals surface area contributed by atoms with Gasteiger partial charge in [-0.15, -0.1) is 0 Å². The molecule has 0 bridgehead atoms. The van der Waals surface area contributed by atoms with E-state index in [2.05, 4.69) is 6.07 Å². The maximum atomic E-state index is 9.85. The predicted octanol–water partition coefficient (Wildman–Crippen LogP) is 2.58. The monoisotopic (exact) mass is 189 g/mol. The second-order valence-corrected chi connectivity index (χ2v) is 3.50. The van der Waals surface area contributed by atoms with Crippen molar-refractivity contribution >= 4 is 0 Å². The molecule has 1 rings (SSSR count). The van der Waals surface area contributed by atoms with E-state index >= 15 is 0 Å². The van der Waals surface area contributed by atoms with Gasteiger partial charge in [0.25, 0.3) is 0 Å². The Labute approximate surface area is 84.8 Å². The highest BCUT2D eigenvalue weighted by molar-refractivity contribution is 5.24. The molecule has 0 aliphatic carbocycles. The third-order valence-corrected chi connectivity index (χ3v) is 2.41. The number of nitriles is 1. The summed E-state index contributed by atoms with van der Waals surface area (Å²) in [7, 11) is 0. The van der Waals surface area contributed by atoms with Crippen molar-refractivity contribution in [1.82, 2.24) is 0 Å². The first-order valence-corrected chi connectivity index (χ1v) is 4.83. The summed E-state index contributed by atoms with van der Waals surface area (Å²) < 4.78 is 0. The van der Waals surface area contributed by atoms with Crippen LogP contribution in [0.1, 0.15) is 30.6 Å². The number of aliphatic hydroxyl groups is 1. The molecule has 0 aliphatic rings. The molecule has 0 radical (unpaired) electrons. The van der Waals surface area contributed by atoms with Crippen molar-refractivity contribution in [2.75, 3.05) is 0 Å². The molecule has 2 nitrogen and oxygen atoms in total. The standard InChI is InChI=1S/C12H15NO/c1-3-10(8-13)12(14)11-6-4-9(2)5-7-11/h4-7,10,12,14H,3H2,1-2H3/t10-,12-/m1/s1. The van der Waals surface area contributed by atoms with Crippen molar-refractivity contribution in [2.45, 2.75) is 26.4 Å². The Morgan fingerprint density at radius 3 is 2.36 bits per heavy atom. The van der Waals surface area contributed by atoms with Crippen LogP contribution in [-0.2, 0) is 0 Å². The lowest BCUT2D eigenvalue weighted by Gasteiger charge is -2.15. The van der Waals surface area contributed by atoms with Gasteiger partial charge in [-0.05, 0) is 18.9 Å². The second kappa shape index (κ2) is 4.78. The highest BCUT2D eigenvalue weighted by Crippen LogP contribution is 2.23. The van der Waals surface area contributed by atoms with Crippen molar-refractivity contribution < 1.29 is 5.11 Å². The van der Waals surface area contributed by atoms with Gasteiger partial charge in [0.15, 0.2) is 0 Å². The van der Waals surface area contributed by atoms with Gasteiger partial charge in [-0.1, -0.05) is 36.8 Å². The number of rotatable bonds is 3. The third kappa shape index (κ3) is 2.34. The molecule has 0 saturated carbocycles. The number of aliphatic hydroxyl groups excluding tert-OH is 1. The molecule has 14 heavy (non-hydrogen) atoms. The Morgan fingerprint density at radius 2 is 1.93 bits per heavy atom. The minimum Gasteiger partial charge on any atom is -0.387 e. The van der Waals surface area contributed by atoms with E-state index < -0.39 is 6.10 Å². The number of hydrogen-bond acceptors (Lipinski definition) is 2. The molecule has 0 aliphatic heterocycles. The molecule has 0 fully saturated rings. The maximum absolute atomic E-state index is 9.85. The van der Waals surface area contributed by atoms with Gasteiger partial charge in [0.1, 0.15) is 0 Å². The van der Waals surface area contributed by atoms with Crippen molar-refractivity contribution in [3.63, 3.8) is 0 Å². The normalized spacial score (nSPS) is 14.4. The van der Waals surface area contributed by atoms with Crippen molar-refractivity contribution in [1.29, 1.82) is 5.26 Å². The molecular weight excluding hydrogens is 174 g/mol. The first-order chi connectivity index (χ1) is 6.69. The zero-order valence-electron chi connectivity index (χ0n) is 8.57. The Balaban J connectivity index is 2.84. The third-order valence-electron chi connectivity index (χ3n) is 2.41. The number of hydrogen-bond donors (Lipinski definition) is 1. The molecular formula is C12H15NO. The summed E-state index contributed by atoms with van der Waals surface area (Å²) in [5.74, 6) is -0.308. The molecule has 74 valence electrons. The van der Waals surface area contributed by atoms with Crippen LogP contribution in [0.25, 0.3) is 0 Å². The molecule has 0 amide bonds. The topological polar surface area (TPSA) is 44.0 Å². The Hall–Kier alpha value is -1.33. The molecule has 1 aromatic rings. The lowest BCUT2D eigenvalue weighted by Crippen LogP contribution is -2.09. The molecule has 1 aromatic carbocycles. The molecule has 0 heterocycles. The van der Waals surface area contributed by atoms with Gasteiger partial charge in [-0.2, -0.15) is 5.26 Å². The zero-order chi connectivity index (χ0) is 10.6. The van der Waals surface area contributed by atoms with E-state index in [1.54, 1.807) is 0 Å². The summed E-state index contributed by atoms with van der Waals surface area (Å²) >= 11 is 0. The number of nitrogens with zero attached hydrogens (tertiary/aromatic N) is 1. The lowest BCUT2D eigenvalue weighted by molar-refractivity contribution is 0.133. The zero-order valence-corrected chi connectivity index (χ0v) is 8.57. The SMILES string of the molecule is CC[C@H](C#N)[C@@H](O)c1ccc(C)cc1. The van der Waals surface area contributed by atoms with Gasteiger partial charge in [0, 0.05) is 0 Å². The Kier molecular flexibility index (Phi) is 3.67. The molecule has 2 heteroatoms. The fraction of sp³-hybridized carbons (Fsp3) is 0.417. The fourth-order valence-corrected chi connectivity index (χ4v) is 1.38. The van der Waals surface area contributed by atoms with Crippen LogP contribution in [0.3, 0.4) is 0 Å². The van der Waals surface area contributed by atoms with Crippen molar-refractivity contribution in [2.24, 2.45) is 5.92 Å².